The zero-order valence-electron chi connectivity index (χ0n) is 15.0. The third-order valence-electron chi connectivity index (χ3n) is 3.61. The van der Waals surface area contributed by atoms with Gasteiger partial charge in [-0.2, -0.15) is 0 Å². The molecule has 0 unspecified atom stereocenters. The molecule has 0 aromatic heterocycles. The van der Waals surface area contributed by atoms with E-state index >= 15 is 0 Å². The average Bonchev–Trinajstić information content (AvgIpc) is 2.64. The first-order valence-corrected chi connectivity index (χ1v) is 8.64. The quantitative estimate of drug-likeness (QED) is 0.545. The molecule has 2 rings (SSSR count). The zero-order chi connectivity index (χ0) is 18.8. The summed E-state index contributed by atoms with van der Waals surface area (Å²) in [6.07, 6.45) is 0. The normalized spacial score (nSPS) is 10.4. The minimum Gasteiger partial charge on any atom is -0.493 e. The molecule has 0 saturated carbocycles. The summed E-state index contributed by atoms with van der Waals surface area (Å²) in [5.74, 6) is 0.817. The highest BCUT2D eigenvalue weighted by atomic mass is 35.5. The predicted molar refractivity (Wildman–Crippen MR) is 106 cm³/mol. The molecule has 27 heavy (non-hydrogen) atoms. The third kappa shape index (κ3) is 7.91. The van der Waals surface area contributed by atoms with E-state index in [1.807, 2.05) is 18.2 Å². The lowest BCUT2D eigenvalue weighted by atomic mass is 10.2. The van der Waals surface area contributed by atoms with Gasteiger partial charge >= 0.3 is 0 Å². The first kappa shape index (κ1) is 23.5. The lowest BCUT2D eigenvalue weighted by Crippen LogP contribution is -2.20. The minimum absolute atomic E-state index is 0. The number of hydrogen-bond donors (Lipinski definition) is 2. The molecule has 0 aliphatic heterocycles. The van der Waals surface area contributed by atoms with Crippen molar-refractivity contribution in [3.63, 3.8) is 0 Å². The molecule has 0 radical (unpaired) electrons. The van der Waals surface area contributed by atoms with Crippen LogP contribution in [0.15, 0.2) is 36.4 Å². The predicted octanol–water partition coefficient (Wildman–Crippen LogP) is 3.59. The molecular weight excluding hydrogens is 396 g/mol. The number of rotatable bonds is 11. The molecule has 150 valence electrons. The molecule has 2 aromatic rings. The van der Waals surface area contributed by atoms with Crippen molar-refractivity contribution >= 4 is 24.0 Å². The SMILES string of the molecule is COc1cc(CNCCOCCO)ccc1OCc1ccc(F)cc1Cl.Cl. The summed E-state index contributed by atoms with van der Waals surface area (Å²) in [6.45, 7) is 2.47. The number of aliphatic hydroxyl groups is 1. The van der Waals surface area contributed by atoms with E-state index in [9.17, 15) is 4.39 Å². The second-order valence-corrected chi connectivity index (χ2v) is 5.93. The van der Waals surface area contributed by atoms with Crippen LogP contribution in [0.5, 0.6) is 11.5 Å². The summed E-state index contributed by atoms with van der Waals surface area (Å²) in [4.78, 5) is 0. The average molecular weight is 420 g/mol. The van der Waals surface area contributed by atoms with Gasteiger partial charge < -0.3 is 24.6 Å². The topological polar surface area (TPSA) is 60.0 Å². The van der Waals surface area contributed by atoms with Crippen LogP contribution in [0.2, 0.25) is 5.02 Å². The molecule has 0 aliphatic carbocycles. The standard InChI is InChI=1S/C19H23ClFNO4.ClH/c1-24-19-10-14(12-22-6-8-25-9-7-23)2-5-18(19)26-13-15-3-4-16(21)11-17(15)20;/h2-5,10-11,22-23H,6-9,12-13H2,1H3;1H. The monoisotopic (exact) mass is 419 g/mol. The highest BCUT2D eigenvalue weighted by molar-refractivity contribution is 6.31. The summed E-state index contributed by atoms with van der Waals surface area (Å²) < 4.78 is 29.4. The number of ether oxygens (including phenoxy) is 3. The van der Waals surface area contributed by atoms with E-state index in [0.29, 0.717) is 48.4 Å². The summed E-state index contributed by atoms with van der Waals surface area (Å²) in [7, 11) is 1.58. The Kier molecular flexibility index (Phi) is 11.1. The van der Waals surface area contributed by atoms with Crippen LogP contribution in [0.25, 0.3) is 0 Å². The van der Waals surface area contributed by atoms with E-state index in [1.54, 1.807) is 13.2 Å². The lowest BCUT2D eigenvalue weighted by Gasteiger charge is -2.13. The van der Waals surface area contributed by atoms with Gasteiger partial charge in [0.15, 0.2) is 11.5 Å². The van der Waals surface area contributed by atoms with Crippen LogP contribution in [-0.4, -0.2) is 38.6 Å². The Morgan fingerprint density at radius 3 is 2.63 bits per heavy atom. The van der Waals surface area contributed by atoms with Gasteiger partial charge in [-0.3, -0.25) is 0 Å². The van der Waals surface area contributed by atoms with Gasteiger partial charge in [0.05, 0.1) is 32.0 Å². The van der Waals surface area contributed by atoms with Gasteiger partial charge in [0.2, 0.25) is 0 Å². The maximum absolute atomic E-state index is 13.1. The van der Waals surface area contributed by atoms with Crippen molar-refractivity contribution in [1.29, 1.82) is 0 Å². The van der Waals surface area contributed by atoms with Crippen LogP contribution in [0.3, 0.4) is 0 Å². The number of benzene rings is 2. The zero-order valence-corrected chi connectivity index (χ0v) is 16.6. The minimum atomic E-state index is -0.380. The summed E-state index contributed by atoms with van der Waals surface area (Å²) >= 11 is 6.01. The number of nitrogens with one attached hydrogen (secondary N) is 1. The van der Waals surface area contributed by atoms with Gasteiger partial charge in [-0.25, -0.2) is 4.39 Å². The maximum atomic E-state index is 13.1. The fourth-order valence-corrected chi connectivity index (χ4v) is 2.50. The molecule has 0 amide bonds. The van der Waals surface area contributed by atoms with E-state index in [0.717, 1.165) is 5.56 Å². The molecule has 0 spiro atoms. The third-order valence-corrected chi connectivity index (χ3v) is 3.97. The molecule has 0 atom stereocenters. The van der Waals surface area contributed by atoms with Crippen molar-refractivity contribution in [2.45, 2.75) is 13.2 Å². The van der Waals surface area contributed by atoms with Gasteiger partial charge in [0.25, 0.3) is 0 Å². The first-order chi connectivity index (χ1) is 12.6. The van der Waals surface area contributed by atoms with Gasteiger partial charge in [0.1, 0.15) is 12.4 Å². The Labute approximate surface area is 169 Å². The summed E-state index contributed by atoms with van der Waals surface area (Å²) in [5.41, 5.74) is 1.74. The number of aliphatic hydroxyl groups excluding tert-OH is 1. The highest BCUT2D eigenvalue weighted by Crippen LogP contribution is 2.29. The number of hydrogen-bond acceptors (Lipinski definition) is 5. The second-order valence-electron chi connectivity index (χ2n) is 5.52. The van der Waals surface area contributed by atoms with Crippen molar-refractivity contribution in [2.75, 3.05) is 33.5 Å². The second kappa shape index (κ2) is 12.8. The van der Waals surface area contributed by atoms with Gasteiger partial charge in [-0.05, 0) is 29.8 Å². The molecule has 0 fully saturated rings. The molecule has 0 heterocycles. The van der Waals surface area contributed by atoms with Crippen molar-refractivity contribution in [3.8, 4) is 11.5 Å². The highest BCUT2D eigenvalue weighted by Gasteiger charge is 2.08. The summed E-state index contributed by atoms with van der Waals surface area (Å²) in [6, 6.07) is 9.86. The molecule has 8 heteroatoms. The van der Waals surface area contributed by atoms with Gasteiger partial charge in [-0.1, -0.05) is 23.7 Å². The van der Waals surface area contributed by atoms with Crippen molar-refractivity contribution < 1.29 is 23.7 Å². The number of methoxy groups -OCH3 is 1. The van der Waals surface area contributed by atoms with E-state index in [2.05, 4.69) is 5.32 Å². The Balaban J connectivity index is 0.00000364. The van der Waals surface area contributed by atoms with Crippen molar-refractivity contribution in [1.82, 2.24) is 5.32 Å². The van der Waals surface area contributed by atoms with Crippen LogP contribution in [0, 0.1) is 5.82 Å². The van der Waals surface area contributed by atoms with Crippen LogP contribution >= 0.6 is 24.0 Å². The fraction of sp³-hybridized carbons (Fsp3) is 0.368. The molecule has 5 nitrogen and oxygen atoms in total. The summed E-state index contributed by atoms with van der Waals surface area (Å²) in [5, 5.41) is 12.2. The largest absolute Gasteiger partial charge is 0.493 e. The molecular formula is C19H24Cl2FNO4. The molecule has 0 aliphatic rings. The van der Waals surface area contributed by atoms with Crippen LogP contribution in [0.1, 0.15) is 11.1 Å². The van der Waals surface area contributed by atoms with Gasteiger partial charge in [-0.15, -0.1) is 12.4 Å². The molecule has 2 aromatic carbocycles. The van der Waals surface area contributed by atoms with Crippen LogP contribution in [-0.2, 0) is 17.9 Å². The smallest absolute Gasteiger partial charge is 0.161 e. The maximum Gasteiger partial charge on any atom is 0.161 e. The van der Waals surface area contributed by atoms with Gasteiger partial charge in [0, 0.05) is 18.7 Å². The Morgan fingerprint density at radius 2 is 1.93 bits per heavy atom. The molecule has 0 bridgehead atoms. The fourth-order valence-electron chi connectivity index (χ4n) is 2.28. The van der Waals surface area contributed by atoms with E-state index in [-0.39, 0.29) is 31.4 Å². The van der Waals surface area contributed by atoms with E-state index < -0.39 is 0 Å². The van der Waals surface area contributed by atoms with Crippen molar-refractivity contribution in [3.05, 3.63) is 58.4 Å². The lowest BCUT2D eigenvalue weighted by molar-refractivity contribution is 0.0938. The Bertz CT molecular complexity index is 703. The van der Waals surface area contributed by atoms with Crippen LogP contribution < -0.4 is 14.8 Å². The number of halogens is 3. The Morgan fingerprint density at radius 1 is 1.11 bits per heavy atom. The van der Waals surface area contributed by atoms with Crippen LogP contribution in [0.4, 0.5) is 4.39 Å². The van der Waals surface area contributed by atoms with E-state index in [1.165, 1.54) is 12.1 Å². The first-order valence-electron chi connectivity index (χ1n) is 8.27. The molecule has 0 saturated heterocycles. The molecule has 2 N–H and O–H groups in total. The van der Waals surface area contributed by atoms with Crippen molar-refractivity contribution in [2.24, 2.45) is 0 Å². The van der Waals surface area contributed by atoms with E-state index in [4.69, 9.17) is 30.9 Å². The Hall–Kier alpha value is -1.57.